The number of nitrogens with zero attached hydrogens (tertiary/aromatic N) is 2. The number of benzene rings is 1. The summed E-state index contributed by atoms with van der Waals surface area (Å²) in [5.74, 6) is -0.645. The number of aryl methyl sites for hydroxylation is 2. The van der Waals surface area contributed by atoms with Crippen molar-refractivity contribution in [3.8, 4) is 0 Å². The van der Waals surface area contributed by atoms with Gasteiger partial charge in [-0.15, -0.1) is 0 Å². The van der Waals surface area contributed by atoms with E-state index in [1.54, 1.807) is 0 Å². The molecule has 6 N–H and O–H groups in total. The van der Waals surface area contributed by atoms with Crippen LogP contribution in [0.15, 0.2) is 23.2 Å². The zero-order valence-electron chi connectivity index (χ0n) is 14.1. The van der Waals surface area contributed by atoms with E-state index < -0.39 is 5.79 Å². The van der Waals surface area contributed by atoms with Crippen LogP contribution < -0.4 is 22.3 Å². The van der Waals surface area contributed by atoms with Gasteiger partial charge in [0, 0.05) is 11.6 Å². The van der Waals surface area contributed by atoms with E-state index in [2.05, 4.69) is 52.8 Å². The van der Waals surface area contributed by atoms with Crippen LogP contribution in [-0.2, 0) is 18.6 Å². The van der Waals surface area contributed by atoms with Gasteiger partial charge in [-0.25, -0.2) is 4.99 Å². The van der Waals surface area contributed by atoms with Crippen LogP contribution in [0.3, 0.4) is 0 Å². The van der Waals surface area contributed by atoms with Crippen molar-refractivity contribution in [2.45, 2.75) is 51.4 Å². The van der Waals surface area contributed by atoms with Gasteiger partial charge < -0.3 is 10.6 Å². The minimum absolute atomic E-state index is 0.323. The molecule has 0 bridgehead atoms. The number of nitrogens with two attached hydrogens (primary N) is 2. The molecular formula is C17H28N6. The van der Waals surface area contributed by atoms with Gasteiger partial charge in [0.15, 0.2) is 0 Å². The first-order valence-corrected chi connectivity index (χ1v) is 8.59. The first-order chi connectivity index (χ1) is 11.1. The van der Waals surface area contributed by atoms with Gasteiger partial charge in [-0.3, -0.25) is 11.2 Å². The molecule has 6 nitrogen and oxygen atoms in total. The molecule has 1 unspecified atom stereocenters. The second kappa shape index (κ2) is 6.47. The predicted molar refractivity (Wildman–Crippen MR) is 93.6 cm³/mol. The molecule has 3 rings (SSSR count). The quantitative estimate of drug-likeness (QED) is 0.616. The highest BCUT2D eigenvalue weighted by Gasteiger charge is 2.32. The molecule has 0 saturated carbocycles. The molecule has 0 fully saturated rings. The third kappa shape index (κ3) is 3.20. The van der Waals surface area contributed by atoms with Gasteiger partial charge in [0.25, 0.3) is 0 Å². The Balaban J connectivity index is 1.81. The Hall–Kier alpha value is -1.63. The van der Waals surface area contributed by atoms with Crippen molar-refractivity contribution in [2.24, 2.45) is 16.5 Å². The van der Waals surface area contributed by atoms with Crippen molar-refractivity contribution in [3.05, 3.63) is 34.9 Å². The second-order valence-electron chi connectivity index (χ2n) is 6.45. The van der Waals surface area contributed by atoms with Crippen molar-refractivity contribution in [2.75, 3.05) is 13.1 Å². The molecule has 6 heteroatoms. The largest absolute Gasteiger partial charge is 0.369 e. The van der Waals surface area contributed by atoms with E-state index in [1.807, 2.05) is 0 Å². The maximum atomic E-state index is 6.31. The minimum atomic E-state index is -0.969. The SMILES string of the molecule is CCN(CC)[C@H]1CCc2ccc(C3(N)N=C(N)NN3)cc2CC1. The Labute approximate surface area is 138 Å². The fraction of sp³-hybridized carbons (Fsp3) is 0.588. The smallest absolute Gasteiger partial charge is 0.209 e. The van der Waals surface area contributed by atoms with Crippen LogP contribution in [0, 0.1) is 0 Å². The van der Waals surface area contributed by atoms with Crippen LogP contribution in [0.4, 0.5) is 0 Å². The summed E-state index contributed by atoms with van der Waals surface area (Å²) in [6, 6.07) is 7.13. The number of hydrogen-bond donors (Lipinski definition) is 4. The number of nitrogens with one attached hydrogen (secondary N) is 2. The fourth-order valence-electron chi connectivity index (χ4n) is 3.78. The molecule has 0 spiro atoms. The van der Waals surface area contributed by atoms with Gasteiger partial charge in [0.2, 0.25) is 11.7 Å². The first-order valence-electron chi connectivity index (χ1n) is 8.59. The Kier molecular flexibility index (Phi) is 4.57. The molecular weight excluding hydrogens is 288 g/mol. The van der Waals surface area contributed by atoms with Crippen LogP contribution in [0.25, 0.3) is 0 Å². The highest BCUT2D eigenvalue weighted by molar-refractivity contribution is 5.79. The van der Waals surface area contributed by atoms with Gasteiger partial charge in [-0.1, -0.05) is 32.0 Å². The van der Waals surface area contributed by atoms with Crippen LogP contribution in [0.2, 0.25) is 0 Å². The zero-order chi connectivity index (χ0) is 16.4. The number of rotatable bonds is 4. The third-order valence-corrected chi connectivity index (χ3v) is 5.15. The third-order valence-electron chi connectivity index (χ3n) is 5.15. The maximum absolute atomic E-state index is 6.31. The summed E-state index contributed by atoms with van der Waals surface area (Å²) in [4.78, 5) is 6.85. The Morgan fingerprint density at radius 2 is 1.91 bits per heavy atom. The molecule has 2 aliphatic rings. The van der Waals surface area contributed by atoms with E-state index in [4.69, 9.17) is 11.5 Å². The van der Waals surface area contributed by atoms with E-state index in [0.29, 0.717) is 12.0 Å². The fourth-order valence-corrected chi connectivity index (χ4v) is 3.78. The Morgan fingerprint density at radius 3 is 2.52 bits per heavy atom. The lowest BCUT2D eigenvalue weighted by Crippen LogP contribution is -2.50. The molecule has 0 radical (unpaired) electrons. The molecule has 1 heterocycles. The molecule has 0 amide bonds. The molecule has 0 saturated heterocycles. The summed E-state index contributed by atoms with van der Waals surface area (Å²) in [6.45, 7) is 6.74. The van der Waals surface area contributed by atoms with Gasteiger partial charge in [0.1, 0.15) is 0 Å². The summed E-state index contributed by atoms with van der Waals surface area (Å²) >= 11 is 0. The minimum Gasteiger partial charge on any atom is -0.369 e. The average molecular weight is 316 g/mol. The van der Waals surface area contributed by atoms with Gasteiger partial charge >= 0.3 is 0 Å². The van der Waals surface area contributed by atoms with Crippen molar-refractivity contribution in [1.82, 2.24) is 15.8 Å². The lowest BCUT2D eigenvalue weighted by atomic mass is 9.97. The van der Waals surface area contributed by atoms with E-state index in [-0.39, 0.29) is 0 Å². The molecule has 1 aromatic rings. The molecule has 0 aromatic heterocycles. The van der Waals surface area contributed by atoms with E-state index in [1.165, 1.54) is 24.0 Å². The monoisotopic (exact) mass is 316 g/mol. The highest BCUT2D eigenvalue weighted by atomic mass is 15.6. The standard InChI is InChI=1S/C17H28N6/c1-3-23(4-2)15-9-6-12-5-8-14(11-13(12)7-10-15)17(19)20-16(18)21-22-17/h5,8,11,15,22H,3-4,6-7,9-10,19H2,1-2H3,(H3,18,20,21)/t15-,17?/m0/s1. The number of hydrogen-bond acceptors (Lipinski definition) is 6. The zero-order valence-corrected chi connectivity index (χ0v) is 14.1. The van der Waals surface area contributed by atoms with Gasteiger partial charge in [0.05, 0.1) is 0 Å². The lowest BCUT2D eigenvalue weighted by molar-refractivity contribution is 0.199. The Bertz CT molecular complexity index is 595. The Morgan fingerprint density at radius 1 is 1.22 bits per heavy atom. The summed E-state index contributed by atoms with van der Waals surface area (Å²) < 4.78 is 0. The number of aliphatic imine (C=N–C) groups is 1. The van der Waals surface area contributed by atoms with Crippen LogP contribution in [0.5, 0.6) is 0 Å². The van der Waals surface area contributed by atoms with Crippen molar-refractivity contribution < 1.29 is 0 Å². The van der Waals surface area contributed by atoms with Crippen LogP contribution in [-0.4, -0.2) is 30.0 Å². The number of hydrazine groups is 1. The molecule has 126 valence electrons. The summed E-state index contributed by atoms with van der Waals surface area (Å²) in [7, 11) is 0. The van der Waals surface area contributed by atoms with E-state index >= 15 is 0 Å². The summed E-state index contributed by atoms with van der Waals surface area (Å²) in [6.07, 6.45) is 4.65. The van der Waals surface area contributed by atoms with Crippen molar-refractivity contribution in [3.63, 3.8) is 0 Å². The lowest BCUT2D eigenvalue weighted by Gasteiger charge is -2.28. The molecule has 1 aromatic carbocycles. The van der Waals surface area contributed by atoms with E-state index in [0.717, 1.165) is 31.5 Å². The van der Waals surface area contributed by atoms with Crippen molar-refractivity contribution in [1.29, 1.82) is 0 Å². The molecule has 1 aliphatic carbocycles. The van der Waals surface area contributed by atoms with Gasteiger partial charge in [-0.2, -0.15) is 5.43 Å². The molecule has 1 aliphatic heterocycles. The molecule has 2 atom stereocenters. The van der Waals surface area contributed by atoms with Crippen LogP contribution in [0.1, 0.15) is 43.4 Å². The average Bonchev–Trinajstić information content (AvgIpc) is 2.78. The topological polar surface area (TPSA) is 91.7 Å². The molecule has 23 heavy (non-hydrogen) atoms. The highest BCUT2D eigenvalue weighted by Crippen LogP contribution is 2.28. The van der Waals surface area contributed by atoms with E-state index in [9.17, 15) is 0 Å². The van der Waals surface area contributed by atoms with Gasteiger partial charge in [-0.05, 0) is 49.9 Å². The maximum Gasteiger partial charge on any atom is 0.209 e. The number of fused-ring (bicyclic) bond motifs is 1. The summed E-state index contributed by atoms with van der Waals surface area (Å²) in [5.41, 5.74) is 21.5. The number of guanidine groups is 1. The second-order valence-corrected chi connectivity index (χ2v) is 6.45. The predicted octanol–water partition coefficient (Wildman–Crippen LogP) is 0.767. The summed E-state index contributed by atoms with van der Waals surface area (Å²) in [5, 5.41) is 0. The first kappa shape index (κ1) is 16.2. The van der Waals surface area contributed by atoms with Crippen LogP contribution >= 0.6 is 0 Å². The van der Waals surface area contributed by atoms with Crippen molar-refractivity contribution >= 4 is 5.96 Å². The normalized spacial score (nSPS) is 27.3.